The van der Waals surface area contributed by atoms with Crippen molar-refractivity contribution in [1.29, 1.82) is 5.26 Å². The number of carboxylic acids is 1. The molecule has 2 rings (SSSR count). The second-order valence-corrected chi connectivity index (χ2v) is 7.65. The van der Waals surface area contributed by atoms with Crippen LogP contribution >= 0.6 is 0 Å². The maximum absolute atomic E-state index is 13.1. The second kappa shape index (κ2) is 6.65. The average Bonchev–Trinajstić information content (AvgIpc) is 2.53. The lowest BCUT2D eigenvalue weighted by molar-refractivity contribution is -0.144. The maximum Gasteiger partial charge on any atom is 0.417 e. The van der Waals surface area contributed by atoms with Crippen LogP contribution in [0.1, 0.15) is 30.9 Å². The molecule has 136 valence electrons. The standard InChI is InChI=1S/C15H15F3N2O4S/c1-9-12(14(21)22)3-2-6-20(9)25(23,24)11-5-4-10(8-19)13(7-11)15(16,17)18/h4-5,7,9,12H,2-3,6H2,1H3,(H,21,22)/t9-,12-/m1/s1. The first kappa shape index (κ1) is 19.2. The monoisotopic (exact) mass is 376 g/mol. The van der Waals surface area contributed by atoms with Gasteiger partial charge < -0.3 is 5.11 Å². The fraction of sp³-hybridized carbons (Fsp3) is 0.467. The summed E-state index contributed by atoms with van der Waals surface area (Å²) in [6.45, 7) is 1.44. The van der Waals surface area contributed by atoms with Crippen molar-refractivity contribution in [2.45, 2.75) is 36.9 Å². The van der Waals surface area contributed by atoms with Crippen LogP contribution < -0.4 is 0 Å². The van der Waals surface area contributed by atoms with Crippen molar-refractivity contribution >= 4 is 16.0 Å². The molecular formula is C15H15F3N2O4S. The number of carboxylic acid groups (broad SMARTS) is 1. The van der Waals surface area contributed by atoms with E-state index in [1.54, 1.807) is 0 Å². The van der Waals surface area contributed by atoms with Gasteiger partial charge in [-0.1, -0.05) is 0 Å². The van der Waals surface area contributed by atoms with E-state index in [4.69, 9.17) is 5.26 Å². The number of hydrogen-bond acceptors (Lipinski definition) is 4. The van der Waals surface area contributed by atoms with Crippen molar-refractivity contribution in [3.05, 3.63) is 29.3 Å². The molecule has 10 heteroatoms. The summed E-state index contributed by atoms with van der Waals surface area (Å²) in [5.41, 5.74) is -2.02. The van der Waals surface area contributed by atoms with Crippen molar-refractivity contribution in [2.24, 2.45) is 5.92 Å². The van der Waals surface area contributed by atoms with Crippen LogP contribution in [0.5, 0.6) is 0 Å². The van der Waals surface area contributed by atoms with Crippen LogP contribution in [0.3, 0.4) is 0 Å². The number of alkyl halides is 3. The number of nitrogens with zero attached hydrogens (tertiary/aromatic N) is 2. The molecule has 1 aliphatic rings. The molecule has 25 heavy (non-hydrogen) atoms. The minimum atomic E-state index is -4.88. The topological polar surface area (TPSA) is 98.5 Å². The molecule has 1 heterocycles. The Morgan fingerprint density at radius 1 is 1.40 bits per heavy atom. The zero-order valence-corrected chi connectivity index (χ0v) is 13.9. The second-order valence-electron chi connectivity index (χ2n) is 5.76. The first-order valence-electron chi connectivity index (χ1n) is 7.36. The molecule has 6 nitrogen and oxygen atoms in total. The summed E-state index contributed by atoms with van der Waals surface area (Å²) in [6, 6.07) is 2.65. The van der Waals surface area contributed by atoms with Crippen molar-refractivity contribution in [1.82, 2.24) is 4.31 Å². The Morgan fingerprint density at radius 3 is 2.56 bits per heavy atom. The molecule has 0 saturated carbocycles. The molecule has 1 N–H and O–H groups in total. The van der Waals surface area contributed by atoms with Gasteiger partial charge in [0.2, 0.25) is 10.0 Å². The van der Waals surface area contributed by atoms with Crippen molar-refractivity contribution in [3.63, 3.8) is 0 Å². The van der Waals surface area contributed by atoms with Crippen LogP contribution in [0, 0.1) is 17.2 Å². The van der Waals surface area contributed by atoms with Crippen LogP contribution in [0.25, 0.3) is 0 Å². The minimum absolute atomic E-state index is 0.0225. The van der Waals surface area contributed by atoms with Gasteiger partial charge in [0.15, 0.2) is 0 Å². The number of hydrogen-bond donors (Lipinski definition) is 1. The van der Waals surface area contributed by atoms with Gasteiger partial charge in [0.25, 0.3) is 0 Å². The largest absolute Gasteiger partial charge is 0.481 e. The third kappa shape index (κ3) is 3.62. The molecule has 0 amide bonds. The van der Waals surface area contributed by atoms with E-state index in [9.17, 15) is 31.5 Å². The Balaban J connectivity index is 2.50. The average molecular weight is 376 g/mol. The van der Waals surface area contributed by atoms with Gasteiger partial charge in [0, 0.05) is 12.6 Å². The molecule has 0 bridgehead atoms. The number of piperidine rings is 1. The Bertz CT molecular complexity index is 830. The molecule has 1 aromatic carbocycles. The van der Waals surface area contributed by atoms with Crippen molar-refractivity contribution in [3.8, 4) is 6.07 Å². The molecule has 0 aromatic heterocycles. The van der Waals surface area contributed by atoms with Crippen LogP contribution in [-0.4, -0.2) is 36.4 Å². The van der Waals surface area contributed by atoms with E-state index in [1.165, 1.54) is 13.0 Å². The van der Waals surface area contributed by atoms with Gasteiger partial charge >= 0.3 is 12.1 Å². The fourth-order valence-corrected chi connectivity index (χ4v) is 4.66. The SMILES string of the molecule is C[C@@H]1[C@H](C(=O)O)CCCN1S(=O)(=O)c1ccc(C#N)c(C(F)(F)F)c1. The molecule has 2 atom stereocenters. The molecule has 0 spiro atoms. The molecule has 0 unspecified atom stereocenters. The van der Waals surface area contributed by atoms with Gasteiger partial charge in [-0.15, -0.1) is 0 Å². The van der Waals surface area contributed by atoms with Crippen LogP contribution in [0.4, 0.5) is 13.2 Å². The van der Waals surface area contributed by atoms with Gasteiger partial charge in [-0.25, -0.2) is 8.42 Å². The highest BCUT2D eigenvalue weighted by molar-refractivity contribution is 7.89. The van der Waals surface area contributed by atoms with Gasteiger partial charge in [-0.2, -0.15) is 22.7 Å². The van der Waals surface area contributed by atoms with E-state index in [1.807, 2.05) is 0 Å². The smallest absolute Gasteiger partial charge is 0.417 e. The molecular weight excluding hydrogens is 361 g/mol. The predicted octanol–water partition coefficient (Wildman–Crippen LogP) is 2.45. The van der Waals surface area contributed by atoms with Gasteiger partial charge in [-0.05, 0) is 38.0 Å². The summed E-state index contributed by atoms with van der Waals surface area (Å²) >= 11 is 0. The summed E-state index contributed by atoms with van der Waals surface area (Å²) in [4.78, 5) is 10.6. The lowest BCUT2D eigenvalue weighted by atomic mass is 9.92. The number of carbonyl (C=O) groups is 1. The lowest BCUT2D eigenvalue weighted by Gasteiger charge is -2.36. The van der Waals surface area contributed by atoms with Crippen LogP contribution in [0.2, 0.25) is 0 Å². The molecule has 0 radical (unpaired) electrons. The van der Waals surface area contributed by atoms with Gasteiger partial charge in [0.05, 0.1) is 28.0 Å². The molecule has 1 fully saturated rings. The van der Waals surface area contributed by atoms with Gasteiger partial charge in [0.1, 0.15) is 0 Å². The van der Waals surface area contributed by atoms with E-state index in [2.05, 4.69) is 0 Å². The summed E-state index contributed by atoms with van der Waals surface area (Å²) in [6.07, 6.45) is -4.29. The zero-order chi connectivity index (χ0) is 19.0. The van der Waals surface area contributed by atoms with Gasteiger partial charge in [-0.3, -0.25) is 4.79 Å². The number of rotatable bonds is 3. The van der Waals surface area contributed by atoms with E-state index in [0.717, 1.165) is 16.4 Å². The van der Waals surface area contributed by atoms with E-state index in [0.29, 0.717) is 18.9 Å². The first-order chi connectivity index (χ1) is 11.5. The quantitative estimate of drug-likeness (QED) is 0.874. The third-order valence-electron chi connectivity index (χ3n) is 4.27. The van der Waals surface area contributed by atoms with E-state index in [-0.39, 0.29) is 6.54 Å². The normalized spacial score (nSPS) is 22.4. The number of benzene rings is 1. The Kier molecular flexibility index (Phi) is 5.11. The number of nitriles is 1. The predicted molar refractivity (Wildman–Crippen MR) is 79.9 cm³/mol. The molecule has 1 saturated heterocycles. The van der Waals surface area contributed by atoms with E-state index >= 15 is 0 Å². The molecule has 0 aliphatic carbocycles. The van der Waals surface area contributed by atoms with Crippen molar-refractivity contribution in [2.75, 3.05) is 6.54 Å². The highest BCUT2D eigenvalue weighted by Gasteiger charge is 2.41. The molecule has 1 aromatic rings. The zero-order valence-electron chi connectivity index (χ0n) is 13.1. The Labute approximate surface area is 142 Å². The molecule has 1 aliphatic heterocycles. The van der Waals surface area contributed by atoms with Crippen LogP contribution in [0.15, 0.2) is 23.1 Å². The number of halogens is 3. The number of sulfonamides is 1. The third-order valence-corrected chi connectivity index (χ3v) is 6.25. The highest BCUT2D eigenvalue weighted by Crippen LogP contribution is 2.35. The van der Waals surface area contributed by atoms with E-state index < -0.39 is 50.2 Å². The number of aliphatic carboxylic acids is 1. The van der Waals surface area contributed by atoms with Crippen molar-refractivity contribution < 1.29 is 31.5 Å². The highest BCUT2D eigenvalue weighted by atomic mass is 32.2. The summed E-state index contributed by atoms with van der Waals surface area (Å²) < 4.78 is 65.5. The summed E-state index contributed by atoms with van der Waals surface area (Å²) in [5, 5.41) is 18.0. The first-order valence-corrected chi connectivity index (χ1v) is 8.80. The summed E-state index contributed by atoms with van der Waals surface area (Å²) in [7, 11) is -4.32. The Hall–Kier alpha value is -2.12. The Morgan fingerprint density at radius 2 is 2.04 bits per heavy atom. The minimum Gasteiger partial charge on any atom is -0.481 e. The maximum atomic E-state index is 13.1. The van der Waals surface area contributed by atoms with Crippen LogP contribution in [-0.2, 0) is 21.0 Å². The summed E-state index contributed by atoms with van der Waals surface area (Å²) in [5.74, 6) is -2.08. The fourth-order valence-electron chi connectivity index (χ4n) is 2.93. The lowest BCUT2D eigenvalue weighted by Crippen LogP contribution is -2.49.